The number of carbonyl (C=O) groups is 1. The molecule has 3 rings (SSSR count). The summed E-state index contributed by atoms with van der Waals surface area (Å²) in [6, 6.07) is 11.6. The van der Waals surface area contributed by atoms with Gasteiger partial charge in [-0.25, -0.2) is 0 Å². The summed E-state index contributed by atoms with van der Waals surface area (Å²) in [4.78, 5) is 12.0. The Hall–Kier alpha value is -1.84. The van der Waals surface area contributed by atoms with Crippen molar-refractivity contribution in [3.8, 4) is 11.3 Å². The molecule has 0 spiro atoms. The summed E-state index contributed by atoms with van der Waals surface area (Å²) in [5, 5.41) is 21.2. The van der Waals surface area contributed by atoms with Crippen molar-refractivity contribution in [1.29, 1.82) is 0 Å². The molecule has 1 aromatic carbocycles. The lowest BCUT2D eigenvalue weighted by Crippen LogP contribution is -2.14. The van der Waals surface area contributed by atoms with Crippen LogP contribution in [0.3, 0.4) is 0 Å². The average molecular weight is 436 g/mol. The minimum atomic E-state index is -0.136. The molecule has 0 aliphatic rings. The van der Waals surface area contributed by atoms with Crippen molar-refractivity contribution in [2.24, 2.45) is 0 Å². The van der Waals surface area contributed by atoms with E-state index in [1.54, 1.807) is 0 Å². The fraction of sp³-hybridized carbons (Fsp3) is 0.188. The molecular formula is C16H14BrN5OS2. The number of halogens is 1. The quantitative estimate of drug-likeness (QED) is 0.588. The largest absolute Gasteiger partial charge is 0.300 e. The molecule has 0 radical (unpaired) electrons. The Labute approximate surface area is 161 Å². The second-order valence-electron chi connectivity index (χ2n) is 4.96. The molecule has 0 atom stereocenters. The van der Waals surface area contributed by atoms with E-state index in [2.05, 4.69) is 41.6 Å². The minimum Gasteiger partial charge on any atom is -0.300 e. The molecule has 128 valence electrons. The van der Waals surface area contributed by atoms with Gasteiger partial charge in [-0.3, -0.25) is 10.1 Å². The molecule has 9 heteroatoms. The summed E-state index contributed by atoms with van der Waals surface area (Å²) in [7, 11) is 0. The maximum absolute atomic E-state index is 12.0. The van der Waals surface area contributed by atoms with Gasteiger partial charge in [0.2, 0.25) is 11.0 Å². The van der Waals surface area contributed by atoms with E-state index in [9.17, 15) is 4.79 Å². The zero-order chi connectivity index (χ0) is 17.6. The highest BCUT2D eigenvalue weighted by Gasteiger charge is 2.09. The van der Waals surface area contributed by atoms with E-state index in [1.807, 2.05) is 43.3 Å². The van der Waals surface area contributed by atoms with E-state index < -0.39 is 0 Å². The summed E-state index contributed by atoms with van der Waals surface area (Å²) < 4.78 is 1.02. The third-order valence-electron chi connectivity index (χ3n) is 3.15. The van der Waals surface area contributed by atoms with Crippen molar-refractivity contribution in [2.75, 3.05) is 11.1 Å². The number of thioether (sulfide) groups is 1. The lowest BCUT2D eigenvalue weighted by Gasteiger charge is -2.03. The van der Waals surface area contributed by atoms with Crippen LogP contribution in [0.5, 0.6) is 0 Å². The topological polar surface area (TPSA) is 80.7 Å². The third-order valence-corrected chi connectivity index (χ3v) is 5.58. The van der Waals surface area contributed by atoms with Gasteiger partial charge in [0.1, 0.15) is 10.0 Å². The maximum atomic E-state index is 12.0. The predicted octanol–water partition coefficient (Wildman–Crippen LogP) is 4.05. The Morgan fingerprint density at radius 3 is 2.56 bits per heavy atom. The van der Waals surface area contributed by atoms with Crippen LogP contribution < -0.4 is 5.32 Å². The van der Waals surface area contributed by atoms with Gasteiger partial charge in [0.05, 0.1) is 11.4 Å². The van der Waals surface area contributed by atoms with Gasteiger partial charge in [-0.1, -0.05) is 58.1 Å². The van der Waals surface area contributed by atoms with Crippen molar-refractivity contribution in [3.63, 3.8) is 0 Å². The van der Waals surface area contributed by atoms with Gasteiger partial charge in [-0.05, 0) is 30.7 Å². The number of rotatable bonds is 6. The molecule has 0 aliphatic heterocycles. The SMILES string of the molecule is CCc1nnc(NC(=O)CSc2ccc(-c3ccc(Br)cc3)nn2)s1. The second-order valence-corrected chi connectivity index (χ2v) is 7.93. The summed E-state index contributed by atoms with van der Waals surface area (Å²) in [6.07, 6.45) is 0.808. The van der Waals surface area contributed by atoms with E-state index in [1.165, 1.54) is 23.1 Å². The molecular weight excluding hydrogens is 422 g/mol. The number of hydrogen-bond donors (Lipinski definition) is 1. The van der Waals surface area contributed by atoms with E-state index in [0.29, 0.717) is 10.2 Å². The second kappa shape index (κ2) is 8.50. The van der Waals surface area contributed by atoms with Gasteiger partial charge in [0.15, 0.2) is 0 Å². The van der Waals surface area contributed by atoms with E-state index in [4.69, 9.17) is 0 Å². The number of aromatic nitrogens is 4. The van der Waals surface area contributed by atoms with Gasteiger partial charge < -0.3 is 0 Å². The van der Waals surface area contributed by atoms with Crippen LogP contribution in [0, 0.1) is 0 Å². The van der Waals surface area contributed by atoms with Crippen LogP contribution in [0.2, 0.25) is 0 Å². The number of amides is 1. The lowest BCUT2D eigenvalue weighted by molar-refractivity contribution is -0.113. The number of hydrogen-bond acceptors (Lipinski definition) is 7. The van der Waals surface area contributed by atoms with E-state index >= 15 is 0 Å². The Morgan fingerprint density at radius 2 is 1.92 bits per heavy atom. The van der Waals surface area contributed by atoms with Gasteiger partial charge >= 0.3 is 0 Å². The molecule has 25 heavy (non-hydrogen) atoms. The number of nitrogens with zero attached hydrogens (tertiary/aromatic N) is 4. The molecule has 0 fully saturated rings. The molecule has 6 nitrogen and oxygen atoms in total. The molecule has 2 heterocycles. The summed E-state index contributed by atoms with van der Waals surface area (Å²) >= 11 is 6.13. The predicted molar refractivity (Wildman–Crippen MR) is 104 cm³/mol. The molecule has 0 unspecified atom stereocenters. The average Bonchev–Trinajstić information content (AvgIpc) is 3.09. The fourth-order valence-electron chi connectivity index (χ4n) is 1.91. The lowest BCUT2D eigenvalue weighted by atomic mass is 10.1. The highest BCUT2D eigenvalue weighted by Crippen LogP contribution is 2.22. The number of nitrogens with one attached hydrogen (secondary N) is 1. The molecule has 3 aromatic rings. The monoisotopic (exact) mass is 435 g/mol. The first kappa shape index (κ1) is 18.0. The van der Waals surface area contributed by atoms with E-state index in [0.717, 1.165) is 27.2 Å². The van der Waals surface area contributed by atoms with Crippen molar-refractivity contribution in [3.05, 3.63) is 45.9 Å². The highest BCUT2D eigenvalue weighted by molar-refractivity contribution is 9.10. The van der Waals surface area contributed by atoms with Crippen molar-refractivity contribution in [1.82, 2.24) is 20.4 Å². The van der Waals surface area contributed by atoms with E-state index in [-0.39, 0.29) is 11.7 Å². The van der Waals surface area contributed by atoms with Crippen LogP contribution in [0.4, 0.5) is 5.13 Å². The van der Waals surface area contributed by atoms with Crippen LogP contribution in [0.15, 0.2) is 45.9 Å². The Kier molecular flexibility index (Phi) is 6.11. The number of carbonyl (C=O) groups excluding carboxylic acids is 1. The number of aryl methyl sites for hydroxylation is 1. The normalized spacial score (nSPS) is 10.6. The van der Waals surface area contributed by atoms with Crippen LogP contribution in [-0.4, -0.2) is 32.1 Å². The zero-order valence-electron chi connectivity index (χ0n) is 13.3. The maximum Gasteiger partial charge on any atom is 0.236 e. The summed E-state index contributed by atoms with van der Waals surface area (Å²) in [6.45, 7) is 2.00. The third kappa shape index (κ3) is 5.07. The molecule has 1 amide bonds. The van der Waals surface area contributed by atoms with Crippen molar-refractivity contribution < 1.29 is 4.79 Å². The zero-order valence-corrected chi connectivity index (χ0v) is 16.5. The standard InChI is InChI=1S/C16H14BrN5OS2/c1-2-14-20-22-16(25-14)18-13(23)9-24-15-8-7-12(19-21-15)10-3-5-11(17)6-4-10/h3-8H,2,9H2,1H3,(H,18,22,23). The first-order valence-corrected chi connectivity index (χ1v) is 10.1. The smallest absolute Gasteiger partial charge is 0.236 e. The van der Waals surface area contributed by atoms with Crippen molar-refractivity contribution >= 4 is 50.1 Å². The fourth-order valence-corrected chi connectivity index (χ4v) is 3.49. The first-order chi connectivity index (χ1) is 12.1. The van der Waals surface area contributed by atoms with Crippen LogP contribution in [-0.2, 0) is 11.2 Å². The molecule has 0 aliphatic carbocycles. The van der Waals surface area contributed by atoms with Crippen LogP contribution in [0.1, 0.15) is 11.9 Å². The van der Waals surface area contributed by atoms with Crippen molar-refractivity contribution in [2.45, 2.75) is 18.4 Å². The minimum absolute atomic E-state index is 0.136. The van der Waals surface area contributed by atoms with Gasteiger partial charge in [-0.15, -0.1) is 20.4 Å². The number of anilines is 1. The van der Waals surface area contributed by atoms with Gasteiger partial charge in [-0.2, -0.15) is 0 Å². The van der Waals surface area contributed by atoms with Gasteiger partial charge in [0, 0.05) is 10.0 Å². The van der Waals surface area contributed by atoms with Crippen LogP contribution >= 0.6 is 39.0 Å². The Balaban J connectivity index is 1.54. The molecule has 1 N–H and O–H groups in total. The molecule has 0 bridgehead atoms. The van der Waals surface area contributed by atoms with Gasteiger partial charge in [0.25, 0.3) is 0 Å². The Bertz CT molecular complexity index is 852. The Morgan fingerprint density at radius 1 is 1.12 bits per heavy atom. The summed E-state index contributed by atoms with van der Waals surface area (Å²) in [5.74, 6) is 0.107. The molecule has 2 aromatic heterocycles. The molecule has 0 saturated heterocycles. The summed E-state index contributed by atoms with van der Waals surface area (Å²) in [5.41, 5.74) is 1.79. The van der Waals surface area contributed by atoms with Crippen LogP contribution in [0.25, 0.3) is 11.3 Å². The first-order valence-electron chi connectivity index (χ1n) is 7.48. The molecule has 0 saturated carbocycles. The highest BCUT2D eigenvalue weighted by atomic mass is 79.9. The number of benzene rings is 1.